The van der Waals surface area contributed by atoms with E-state index in [0.29, 0.717) is 16.7 Å². The Morgan fingerprint density at radius 3 is 2.71 bits per heavy atom. The Morgan fingerprint density at radius 1 is 1.25 bits per heavy atom. The molecule has 0 radical (unpaired) electrons. The minimum absolute atomic E-state index is 0.113. The largest absolute Gasteiger partial charge is 0.461 e. The molecule has 0 spiro atoms. The molecule has 8 heteroatoms. The zero-order chi connectivity index (χ0) is 17.3. The van der Waals surface area contributed by atoms with Crippen LogP contribution < -0.4 is 0 Å². The van der Waals surface area contributed by atoms with E-state index < -0.39 is 16.9 Å². The summed E-state index contributed by atoms with van der Waals surface area (Å²) in [5.74, 6) is -1.24. The SMILES string of the molecule is C[C@@H](Sc1nnc(-c2ccco2)n1C)C(=O)c1ccc(F)c(F)c1. The van der Waals surface area contributed by atoms with E-state index in [-0.39, 0.29) is 11.3 Å². The van der Waals surface area contributed by atoms with Gasteiger partial charge < -0.3 is 8.98 Å². The van der Waals surface area contributed by atoms with Crippen molar-refractivity contribution in [3.05, 3.63) is 53.8 Å². The first-order valence-corrected chi connectivity index (χ1v) is 7.94. The molecule has 24 heavy (non-hydrogen) atoms. The predicted octanol–water partition coefficient (Wildman–Crippen LogP) is 3.72. The molecule has 2 aromatic heterocycles. The highest BCUT2D eigenvalue weighted by Gasteiger charge is 2.22. The quantitative estimate of drug-likeness (QED) is 0.519. The number of Topliss-reactive ketones (excluding diaryl/α,β-unsaturated/α-hetero) is 1. The van der Waals surface area contributed by atoms with Gasteiger partial charge in [0.2, 0.25) is 0 Å². The molecule has 0 saturated heterocycles. The average Bonchev–Trinajstić information content (AvgIpc) is 3.20. The fraction of sp³-hybridized carbons (Fsp3) is 0.188. The van der Waals surface area contributed by atoms with Crippen LogP contribution in [0.3, 0.4) is 0 Å². The minimum Gasteiger partial charge on any atom is -0.461 e. The highest BCUT2D eigenvalue weighted by molar-refractivity contribution is 8.00. The fourth-order valence-corrected chi connectivity index (χ4v) is 3.03. The number of aromatic nitrogens is 3. The number of carbonyl (C=O) groups is 1. The lowest BCUT2D eigenvalue weighted by Gasteiger charge is -2.10. The van der Waals surface area contributed by atoms with Crippen LogP contribution in [0.5, 0.6) is 0 Å². The number of halogens is 2. The second kappa shape index (κ2) is 6.56. The van der Waals surface area contributed by atoms with Crippen LogP contribution in [0.25, 0.3) is 11.6 Å². The van der Waals surface area contributed by atoms with Gasteiger partial charge in [-0.25, -0.2) is 8.78 Å². The molecule has 5 nitrogen and oxygen atoms in total. The third-order valence-corrected chi connectivity index (χ3v) is 4.57. The lowest BCUT2D eigenvalue weighted by molar-refractivity contribution is 0.0993. The summed E-state index contributed by atoms with van der Waals surface area (Å²) < 4.78 is 33.3. The highest BCUT2D eigenvalue weighted by atomic mass is 32.2. The molecule has 0 aliphatic heterocycles. The van der Waals surface area contributed by atoms with Crippen LogP contribution in [0.15, 0.2) is 46.2 Å². The first-order chi connectivity index (χ1) is 11.5. The Morgan fingerprint density at radius 2 is 2.04 bits per heavy atom. The number of hydrogen-bond acceptors (Lipinski definition) is 5. The molecular formula is C16H13F2N3O2S. The van der Waals surface area contributed by atoms with Crippen molar-refractivity contribution >= 4 is 17.5 Å². The fourth-order valence-electron chi connectivity index (χ4n) is 2.13. The van der Waals surface area contributed by atoms with Gasteiger partial charge in [0.15, 0.2) is 34.2 Å². The second-order valence-corrected chi connectivity index (χ2v) is 6.40. The van der Waals surface area contributed by atoms with E-state index in [1.54, 1.807) is 30.7 Å². The Labute approximate surface area is 140 Å². The first kappa shape index (κ1) is 16.4. The summed E-state index contributed by atoms with van der Waals surface area (Å²) in [6, 6.07) is 6.61. The molecule has 1 atom stereocenters. The molecule has 0 aliphatic rings. The van der Waals surface area contributed by atoms with Crippen molar-refractivity contribution in [2.75, 3.05) is 0 Å². The smallest absolute Gasteiger partial charge is 0.200 e. The monoisotopic (exact) mass is 349 g/mol. The molecule has 0 unspecified atom stereocenters. The van der Waals surface area contributed by atoms with Gasteiger partial charge in [0, 0.05) is 12.6 Å². The van der Waals surface area contributed by atoms with Gasteiger partial charge in [-0.2, -0.15) is 0 Å². The number of rotatable bonds is 5. The number of thioether (sulfide) groups is 1. The lowest BCUT2D eigenvalue weighted by Crippen LogP contribution is -2.15. The maximum atomic E-state index is 13.3. The summed E-state index contributed by atoms with van der Waals surface area (Å²) in [6.45, 7) is 1.68. The van der Waals surface area contributed by atoms with Crippen molar-refractivity contribution in [2.24, 2.45) is 7.05 Å². The van der Waals surface area contributed by atoms with E-state index in [1.807, 2.05) is 0 Å². The minimum atomic E-state index is -1.04. The van der Waals surface area contributed by atoms with Crippen molar-refractivity contribution < 1.29 is 18.0 Å². The molecular weight excluding hydrogens is 336 g/mol. The molecule has 0 N–H and O–H groups in total. The van der Waals surface area contributed by atoms with Gasteiger partial charge >= 0.3 is 0 Å². The van der Waals surface area contributed by atoms with Crippen molar-refractivity contribution in [3.63, 3.8) is 0 Å². The Kier molecular flexibility index (Phi) is 4.48. The number of furan rings is 1. The third kappa shape index (κ3) is 3.09. The van der Waals surface area contributed by atoms with E-state index >= 15 is 0 Å². The normalized spacial score (nSPS) is 12.3. The van der Waals surface area contributed by atoms with E-state index in [1.165, 1.54) is 24.1 Å². The third-order valence-electron chi connectivity index (χ3n) is 3.43. The topological polar surface area (TPSA) is 60.9 Å². The average molecular weight is 349 g/mol. The Hall–Kier alpha value is -2.48. The molecule has 0 aliphatic carbocycles. The van der Waals surface area contributed by atoms with Crippen molar-refractivity contribution in [3.8, 4) is 11.6 Å². The standard InChI is InChI=1S/C16H13F2N3O2S/c1-9(14(22)10-5-6-11(17)12(18)8-10)24-16-20-19-15(21(16)2)13-4-3-7-23-13/h3-9H,1-2H3/t9-/m1/s1. The van der Waals surface area contributed by atoms with E-state index in [4.69, 9.17) is 4.42 Å². The van der Waals surface area contributed by atoms with Crippen LogP contribution in [-0.2, 0) is 7.05 Å². The van der Waals surface area contributed by atoms with Gasteiger partial charge in [0.25, 0.3) is 0 Å². The molecule has 0 bridgehead atoms. The summed E-state index contributed by atoms with van der Waals surface area (Å²) in [7, 11) is 1.76. The van der Waals surface area contributed by atoms with Gasteiger partial charge in [-0.15, -0.1) is 10.2 Å². The summed E-state index contributed by atoms with van der Waals surface area (Å²) in [5.41, 5.74) is 0.113. The lowest BCUT2D eigenvalue weighted by atomic mass is 10.1. The van der Waals surface area contributed by atoms with Crippen LogP contribution in [0.2, 0.25) is 0 Å². The maximum Gasteiger partial charge on any atom is 0.200 e. The van der Waals surface area contributed by atoms with Crippen molar-refractivity contribution in [1.29, 1.82) is 0 Å². The molecule has 3 rings (SSSR count). The van der Waals surface area contributed by atoms with E-state index in [2.05, 4.69) is 10.2 Å². The van der Waals surface area contributed by atoms with Gasteiger partial charge in [0.05, 0.1) is 11.5 Å². The van der Waals surface area contributed by atoms with Gasteiger partial charge in [0.1, 0.15) is 0 Å². The number of nitrogens with zero attached hydrogens (tertiary/aromatic N) is 3. The number of benzene rings is 1. The van der Waals surface area contributed by atoms with Crippen LogP contribution in [-0.4, -0.2) is 25.8 Å². The van der Waals surface area contributed by atoms with Crippen LogP contribution in [0.1, 0.15) is 17.3 Å². The van der Waals surface area contributed by atoms with E-state index in [0.717, 1.165) is 12.1 Å². The van der Waals surface area contributed by atoms with Crippen molar-refractivity contribution in [2.45, 2.75) is 17.3 Å². The molecule has 1 aromatic carbocycles. The van der Waals surface area contributed by atoms with Crippen molar-refractivity contribution in [1.82, 2.24) is 14.8 Å². The van der Waals surface area contributed by atoms with Gasteiger partial charge in [-0.3, -0.25) is 4.79 Å². The predicted molar refractivity (Wildman–Crippen MR) is 84.7 cm³/mol. The maximum absolute atomic E-state index is 13.3. The Balaban J connectivity index is 1.78. The molecule has 2 heterocycles. The summed E-state index contributed by atoms with van der Waals surface area (Å²) >= 11 is 1.18. The Bertz CT molecular complexity index is 878. The van der Waals surface area contributed by atoms with Crippen LogP contribution in [0, 0.1) is 11.6 Å². The van der Waals surface area contributed by atoms with E-state index in [9.17, 15) is 13.6 Å². The van der Waals surface area contributed by atoms with Crippen LogP contribution in [0.4, 0.5) is 8.78 Å². The second-order valence-electron chi connectivity index (χ2n) is 5.10. The van der Waals surface area contributed by atoms with Gasteiger partial charge in [-0.1, -0.05) is 11.8 Å². The molecule has 0 fully saturated rings. The number of carbonyl (C=O) groups excluding carboxylic acids is 1. The van der Waals surface area contributed by atoms with Crippen LogP contribution >= 0.6 is 11.8 Å². The first-order valence-electron chi connectivity index (χ1n) is 7.06. The molecule has 3 aromatic rings. The zero-order valence-corrected chi connectivity index (χ0v) is 13.7. The molecule has 124 valence electrons. The zero-order valence-electron chi connectivity index (χ0n) is 12.9. The summed E-state index contributed by atoms with van der Waals surface area (Å²) in [6.07, 6.45) is 1.53. The molecule has 0 amide bonds. The van der Waals surface area contributed by atoms with Gasteiger partial charge in [-0.05, 0) is 37.3 Å². The summed E-state index contributed by atoms with van der Waals surface area (Å²) in [5, 5.41) is 8.07. The summed E-state index contributed by atoms with van der Waals surface area (Å²) in [4.78, 5) is 12.4. The highest BCUT2D eigenvalue weighted by Crippen LogP contribution is 2.27. The number of ketones is 1. The number of hydrogen-bond donors (Lipinski definition) is 0. The molecule has 0 saturated carbocycles.